The van der Waals surface area contributed by atoms with E-state index in [2.05, 4.69) is 30.8 Å². The summed E-state index contributed by atoms with van der Waals surface area (Å²) in [4.78, 5) is 5.08. The fourth-order valence-corrected chi connectivity index (χ4v) is 3.84. The molecule has 2 rings (SSSR count). The highest BCUT2D eigenvalue weighted by Crippen LogP contribution is 2.30. The Kier molecular flexibility index (Phi) is 5.05. The van der Waals surface area contributed by atoms with Gasteiger partial charge in [0.25, 0.3) is 0 Å². The molecule has 0 radical (unpaired) electrons. The van der Waals surface area contributed by atoms with Crippen LogP contribution in [0.1, 0.15) is 45.4 Å². The van der Waals surface area contributed by atoms with E-state index in [1.54, 1.807) is 0 Å². The third-order valence-corrected chi connectivity index (χ3v) is 5.25. The fraction of sp³-hybridized carbons (Fsp3) is 1.00. The van der Waals surface area contributed by atoms with Crippen LogP contribution in [0.15, 0.2) is 0 Å². The van der Waals surface area contributed by atoms with Crippen molar-refractivity contribution in [2.45, 2.75) is 63.6 Å². The molecule has 18 heavy (non-hydrogen) atoms. The predicted octanol–water partition coefficient (Wildman–Crippen LogP) is 1.92. The molecule has 1 heterocycles. The highest BCUT2D eigenvalue weighted by molar-refractivity contribution is 4.91. The Morgan fingerprint density at radius 1 is 1.28 bits per heavy atom. The molecular formula is C15H31N3. The van der Waals surface area contributed by atoms with Gasteiger partial charge in [-0.15, -0.1) is 0 Å². The zero-order valence-electron chi connectivity index (χ0n) is 12.4. The molecule has 1 saturated heterocycles. The largest absolute Gasteiger partial charge is 0.326 e. The summed E-state index contributed by atoms with van der Waals surface area (Å²) in [5.41, 5.74) is 6.38. The van der Waals surface area contributed by atoms with Crippen LogP contribution in [0.5, 0.6) is 0 Å². The van der Waals surface area contributed by atoms with Crippen LogP contribution in [0.4, 0.5) is 0 Å². The minimum atomic E-state index is 0.394. The van der Waals surface area contributed by atoms with Crippen molar-refractivity contribution in [3.05, 3.63) is 0 Å². The van der Waals surface area contributed by atoms with Crippen molar-refractivity contribution in [3.8, 4) is 0 Å². The molecule has 0 aromatic rings. The van der Waals surface area contributed by atoms with Crippen LogP contribution in [0.3, 0.4) is 0 Å². The van der Waals surface area contributed by atoms with Crippen LogP contribution in [-0.2, 0) is 0 Å². The minimum absolute atomic E-state index is 0.394. The van der Waals surface area contributed by atoms with E-state index in [4.69, 9.17) is 5.73 Å². The van der Waals surface area contributed by atoms with E-state index in [0.717, 1.165) is 12.0 Å². The van der Waals surface area contributed by atoms with E-state index in [1.165, 1.54) is 51.6 Å². The van der Waals surface area contributed by atoms with Crippen LogP contribution in [0, 0.1) is 5.92 Å². The molecular weight excluding hydrogens is 222 g/mol. The van der Waals surface area contributed by atoms with Crippen molar-refractivity contribution >= 4 is 0 Å². The van der Waals surface area contributed by atoms with E-state index in [9.17, 15) is 0 Å². The molecule has 0 amide bonds. The predicted molar refractivity (Wildman–Crippen MR) is 77.7 cm³/mol. The Bertz CT molecular complexity index is 256. The number of hydrogen-bond acceptors (Lipinski definition) is 3. The second kappa shape index (κ2) is 6.36. The van der Waals surface area contributed by atoms with Crippen LogP contribution < -0.4 is 5.73 Å². The molecule has 106 valence electrons. The Morgan fingerprint density at radius 2 is 2.06 bits per heavy atom. The summed E-state index contributed by atoms with van der Waals surface area (Å²) in [6.45, 7) is 4.81. The number of likely N-dealkylation sites (tertiary alicyclic amines) is 1. The van der Waals surface area contributed by atoms with E-state index in [0.29, 0.717) is 12.1 Å². The van der Waals surface area contributed by atoms with E-state index >= 15 is 0 Å². The maximum absolute atomic E-state index is 6.38. The summed E-state index contributed by atoms with van der Waals surface area (Å²) in [6.07, 6.45) is 7.88. The first-order valence-electron chi connectivity index (χ1n) is 7.77. The first-order valence-corrected chi connectivity index (χ1v) is 7.77. The van der Waals surface area contributed by atoms with Crippen LogP contribution in [-0.4, -0.2) is 55.1 Å². The molecule has 3 nitrogen and oxygen atoms in total. The SMILES string of the molecule is CCC1CCC(N)C(N(C)C2CCCN(C)C2)C1. The Labute approximate surface area is 113 Å². The lowest BCUT2D eigenvalue weighted by Crippen LogP contribution is -2.56. The van der Waals surface area contributed by atoms with E-state index < -0.39 is 0 Å². The summed E-state index contributed by atoms with van der Waals surface area (Å²) in [6, 6.07) is 1.72. The lowest BCUT2D eigenvalue weighted by molar-refractivity contribution is 0.0578. The molecule has 4 unspecified atom stereocenters. The van der Waals surface area contributed by atoms with Gasteiger partial charge in [-0.3, -0.25) is 4.90 Å². The molecule has 1 aliphatic carbocycles. The average Bonchev–Trinajstić information content (AvgIpc) is 2.38. The number of piperidine rings is 1. The smallest absolute Gasteiger partial charge is 0.0250 e. The van der Waals surface area contributed by atoms with Crippen LogP contribution in [0.25, 0.3) is 0 Å². The van der Waals surface area contributed by atoms with Gasteiger partial charge in [-0.1, -0.05) is 13.3 Å². The summed E-state index contributed by atoms with van der Waals surface area (Å²) in [7, 11) is 4.56. The molecule has 4 atom stereocenters. The van der Waals surface area contributed by atoms with Gasteiger partial charge in [-0.25, -0.2) is 0 Å². The molecule has 0 bridgehead atoms. The zero-order valence-corrected chi connectivity index (χ0v) is 12.4. The topological polar surface area (TPSA) is 32.5 Å². The number of hydrogen-bond donors (Lipinski definition) is 1. The highest BCUT2D eigenvalue weighted by Gasteiger charge is 2.34. The van der Waals surface area contributed by atoms with Gasteiger partial charge in [0.2, 0.25) is 0 Å². The van der Waals surface area contributed by atoms with Crippen LogP contribution >= 0.6 is 0 Å². The van der Waals surface area contributed by atoms with Crippen molar-refractivity contribution in [2.75, 3.05) is 27.2 Å². The van der Waals surface area contributed by atoms with Crippen molar-refractivity contribution < 1.29 is 0 Å². The van der Waals surface area contributed by atoms with Gasteiger partial charge >= 0.3 is 0 Å². The lowest BCUT2D eigenvalue weighted by atomic mass is 9.80. The van der Waals surface area contributed by atoms with Gasteiger partial charge in [0.15, 0.2) is 0 Å². The Balaban J connectivity index is 1.95. The third-order valence-electron chi connectivity index (χ3n) is 5.25. The first kappa shape index (κ1) is 14.3. The van der Waals surface area contributed by atoms with Gasteiger partial charge in [-0.05, 0) is 58.7 Å². The zero-order chi connectivity index (χ0) is 13.1. The maximum Gasteiger partial charge on any atom is 0.0250 e. The van der Waals surface area contributed by atoms with Crippen molar-refractivity contribution in [1.29, 1.82) is 0 Å². The van der Waals surface area contributed by atoms with Crippen LogP contribution in [0.2, 0.25) is 0 Å². The molecule has 3 heteroatoms. The lowest BCUT2D eigenvalue weighted by Gasteiger charge is -2.45. The molecule has 0 aromatic heterocycles. The monoisotopic (exact) mass is 253 g/mol. The summed E-state index contributed by atoms with van der Waals surface area (Å²) < 4.78 is 0. The van der Waals surface area contributed by atoms with Crippen molar-refractivity contribution in [2.24, 2.45) is 11.7 Å². The molecule has 2 aliphatic rings. The van der Waals surface area contributed by atoms with E-state index in [1.807, 2.05) is 0 Å². The van der Waals surface area contributed by atoms with Gasteiger partial charge in [0.05, 0.1) is 0 Å². The molecule has 0 aromatic carbocycles. The normalized spacial score (nSPS) is 39.2. The van der Waals surface area contributed by atoms with E-state index in [-0.39, 0.29) is 0 Å². The number of nitrogens with two attached hydrogens (primary N) is 1. The summed E-state index contributed by atoms with van der Waals surface area (Å²) in [5, 5.41) is 0. The average molecular weight is 253 g/mol. The Morgan fingerprint density at radius 3 is 2.72 bits per heavy atom. The molecule has 1 aliphatic heterocycles. The van der Waals surface area contributed by atoms with Gasteiger partial charge in [0.1, 0.15) is 0 Å². The number of likely N-dealkylation sites (N-methyl/N-ethyl adjacent to an activating group) is 2. The summed E-state index contributed by atoms with van der Waals surface area (Å²) >= 11 is 0. The number of rotatable bonds is 3. The number of nitrogens with zero attached hydrogens (tertiary/aromatic N) is 2. The maximum atomic E-state index is 6.38. The first-order chi connectivity index (χ1) is 8.61. The molecule has 0 spiro atoms. The van der Waals surface area contributed by atoms with Gasteiger partial charge in [0, 0.05) is 24.7 Å². The molecule has 2 fully saturated rings. The summed E-state index contributed by atoms with van der Waals surface area (Å²) in [5.74, 6) is 0.901. The second-order valence-corrected chi connectivity index (χ2v) is 6.54. The fourth-order valence-electron chi connectivity index (χ4n) is 3.84. The quantitative estimate of drug-likeness (QED) is 0.834. The van der Waals surface area contributed by atoms with Crippen molar-refractivity contribution in [3.63, 3.8) is 0 Å². The molecule has 2 N–H and O–H groups in total. The minimum Gasteiger partial charge on any atom is -0.326 e. The highest BCUT2D eigenvalue weighted by atomic mass is 15.2. The molecule has 1 saturated carbocycles. The third kappa shape index (κ3) is 3.25. The standard InChI is InChI=1S/C15H31N3/c1-4-12-7-8-14(16)15(10-12)18(3)13-6-5-9-17(2)11-13/h12-15H,4-11,16H2,1-3H3. The Hall–Kier alpha value is -0.120. The van der Waals surface area contributed by atoms with Gasteiger partial charge < -0.3 is 10.6 Å². The van der Waals surface area contributed by atoms with Crippen molar-refractivity contribution in [1.82, 2.24) is 9.80 Å². The van der Waals surface area contributed by atoms with Gasteiger partial charge in [-0.2, -0.15) is 0 Å². The second-order valence-electron chi connectivity index (χ2n) is 6.54.